The van der Waals surface area contributed by atoms with Gasteiger partial charge in [-0.1, -0.05) is 39.7 Å². The van der Waals surface area contributed by atoms with Crippen molar-refractivity contribution >= 4 is 5.78 Å². The standard InChI is InChI=1S/C19H30O/c1-5-13-14-7-10-17-18(2,3)11-6-12-19(17,4)15(14)8-9-16(13)20/h15,17H,5-12H2,1-4H3. The Hall–Kier alpha value is -0.590. The SMILES string of the molecule is CCC1=C2CCC3C(C)(C)CCCC3(C)C2CCC1=O. The molecular weight excluding hydrogens is 244 g/mol. The first-order valence-corrected chi connectivity index (χ1v) is 8.65. The molecule has 0 amide bonds. The molecule has 1 nitrogen and oxygen atoms in total. The van der Waals surface area contributed by atoms with Crippen LogP contribution >= 0.6 is 0 Å². The first-order chi connectivity index (χ1) is 9.40. The summed E-state index contributed by atoms with van der Waals surface area (Å²) in [5.41, 5.74) is 3.73. The third-order valence-corrected chi connectivity index (χ3v) is 6.93. The predicted molar refractivity (Wildman–Crippen MR) is 83.5 cm³/mol. The topological polar surface area (TPSA) is 17.1 Å². The number of fused-ring (bicyclic) bond motifs is 3. The number of Topliss-reactive ketones (excluding diaryl/α,β-unsaturated/α-hetero) is 1. The van der Waals surface area contributed by atoms with Crippen LogP contribution in [0.4, 0.5) is 0 Å². The lowest BCUT2D eigenvalue weighted by Gasteiger charge is -2.59. The summed E-state index contributed by atoms with van der Waals surface area (Å²) in [4.78, 5) is 12.2. The first kappa shape index (κ1) is 14.4. The molecule has 0 saturated heterocycles. The summed E-state index contributed by atoms with van der Waals surface area (Å²) in [6.45, 7) is 9.68. The summed E-state index contributed by atoms with van der Waals surface area (Å²) in [5, 5.41) is 0. The molecule has 0 aliphatic heterocycles. The first-order valence-electron chi connectivity index (χ1n) is 8.65. The highest BCUT2D eigenvalue weighted by Gasteiger charge is 2.54. The zero-order chi connectivity index (χ0) is 14.5. The molecule has 3 atom stereocenters. The Labute approximate surface area is 124 Å². The van der Waals surface area contributed by atoms with Crippen LogP contribution < -0.4 is 0 Å². The van der Waals surface area contributed by atoms with E-state index in [1.165, 1.54) is 37.7 Å². The Morgan fingerprint density at radius 2 is 1.85 bits per heavy atom. The molecule has 1 heteroatoms. The molecule has 3 rings (SSSR count). The van der Waals surface area contributed by atoms with Gasteiger partial charge in [-0.2, -0.15) is 0 Å². The quantitative estimate of drug-likeness (QED) is 0.634. The molecule has 0 heterocycles. The highest BCUT2D eigenvalue weighted by molar-refractivity contribution is 5.97. The maximum atomic E-state index is 12.2. The van der Waals surface area contributed by atoms with E-state index in [1.807, 2.05) is 0 Å². The van der Waals surface area contributed by atoms with Gasteiger partial charge in [-0.25, -0.2) is 0 Å². The van der Waals surface area contributed by atoms with Crippen molar-refractivity contribution in [2.75, 3.05) is 0 Å². The fourth-order valence-corrected chi connectivity index (χ4v) is 6.07. The van der Waals surface area contributed by atoms with Gasteiger partial charge in [0.25, 0.3) is 0 Å². The van der Waals surface area contributed by atoms with Crippen molar-refractivity contribution in [2.24, 2.45) is 22.7 Å². The largest absolute Gasteiger partial charge is 0.295 e. The lowest BCUT2D eigenvalue weighted by molar-refractivity contribution is -0.118. The molecule has 20 heavy (non-hydrogen) atoms. The molecular formula is C19H30O. The van der Waals surface area contributed by atoms with Crippen molar-refractivity contribution in [1.29, 1.82) is 0 Å². The second-order valence-corrected chi connectivity index (χ2v) is 8.31. The van der Waals surface area contributed by atoms with Crippen molar-refractivity contribution in [3.63, 3.8) is 0 Å². The van der Waals surface area contributed by atoms with Crippen LogP contribution in [0.3, 0.4) is 0 Å². The van der Waals surface area contributed by atoms with Crippen molar-refractivity contribution in [2.45, 2.75) is 79.1 Å². The van der Waals surface area contributed by atoms with Crippen molar-refractivity contribution in [3.05, 3.63) is 11.1 Å². The fraction of sp³-hybridized carbons (Fsp3) is 0.842. The molecule has 3 unspecified atom stereocenters. The lowest BCUT2D eigenvalue weighted by Crippen LogP contribution is -2.50. The van der Waals surface area contributed by atoms with E-state index in [0.29, 0.717) is 22.5 Å². The monoisotopic (exact) mass is 274 g/mol. The number of carbonyl (C=O) groups excluding carboxylic acids is 1. The summed E-state index contributed by atoms with van der Waals surface area (Å²) in [7, 11) is 0. The molecule has 0 bridgehead atoms. The van der Waals surface area contributed by atoms with E-state index in [0.717, 1.165) is 25.2 Å². The Kier molecular flexibility index (Phi) is 3.38. The van der Waals surface area contributed by atoms with Crippen molar-refractivity contribution in [3.8, 4) is 0 Å². The van der Waals surface area contributed by atoms with E-state index in [2.05, 4.69) is 27.7 Å². The number of hydrogen-bond donors (Lipinski definition) is 0. The van der Waals surface area contributed by atoms with Crippen LogP contribution in [0.25, 0.3) is 0 Å². The maximum Gasteiger partial charge on any atom is 0.158 e. The van der Waals surface area contributed by atoms with Crippen molar-refractivity contribution in [1.82, 2.24) is 0 Å². The van der Waals surface area contributed by atoms with Crippen LogP contribution in [-0.4, -0.2) is 5.78 Å². The minimum absolute atomic E-state index is 0.455. The molecule has 2 saturated carbocycles. The Morgan fingerprint density at radius 3 is 2.55 bits per heavy atom. The molecule has 112 valence electrons. The van der Waals surface area contributed by atoms with Gasteiger partial charge >= 0.3 is 0 Å². The van der Waals surface area contributed by atoms with Crippen LogP contribution in [0.5, 0.6) is 0 Å². The molecule has 3 aliphatic rings. The van der Waals surface area contributed by atoms with E-state index in [-0.39, 0.29) is 0 Å². The molecule has 3 aliphatic carbocycles. The molecule has 0 aromatic rings. The molecule has 0 N–H and O–H groups in total. The van der Waals surface area contributed by atoms with E-state index >= 15 is 0 Å². The van der Waals surface area contributed by atoms with E-state index in [4.69, 9.17) is 0 Å². The zero-order valence-electron chi connectivity index (χ0n) is 13.7. The minimum Gasteiger partial charge on any atom is -0.295 e. The molecule has 2 fully saturated rings. The van der Waals surface area contributed by atoms with Crippen molar-refractivity contribution < 1.29 is 4.79 Å². The maximum absolute atomic E-state index is 12.2. The molecule has 0 aromatic heterocycles. The number of carbonyl (C=O) groups is 1. The van der Waals surface area contributed by atoms with Gasteiger partial charge in [-0.3, -0.25) is 4.79 Å². The molecule has 0 radical (unpaired) electrons. The van der Waals surface area contributed by atoms with Gasteiger partial charge in [0.1, 0.15) is 0 Å². The van der Waals surface area contributed by atoms with E-state index in [1.54, 1.807) is 5.57 Å². The van der Waals surface area contributed by atoms with Crippen LogP contribution in [0, 0.1) is 22.7 Å². The second-order valence-electron chi connectivity index (χ2n) is 8.31. The zero-order valence-corrected chi connectivity index (χ0v) is 13.7. The van der Waals surface area contributed by atoms with Crippen LogP contribution in [0.1, 0.15) is 79.1 Å². The highest BCUT2D eigenvalue weighted by atomic mass is 16.1. The number of hydrogen-bond acceptors (Lipinski definition) is 1. The summed E-state index contributed by atoms with van der Waals surface area (Å²) in [6, 6.07) is 0. The van der Waals surface area contributed by atoms with Gasteiger partial charge in [0.2, 0.25) is 0 Å². The van der Waals surface area contributed by atoms with Crippen LogP contribution in [0.15, 0.2) is 11.1 Å². The third-order valence-electron chi connectivity index (χ3n) is 6.93. The summed E-state index contributed by atoms with van der Waals surface area (Å²) < 4.78 is 0. The minimum atomic E-state index is 0.455. The van der Waals surface area contributed by atoms with E-state index < -0.39 is 0 Å². The number of allylic oxidation sites excluding steroid dienone is 2. The van der Waals surface area contributed by atoms with Gasteiger partial charge in [-0.05, 0) is 66.8 Å². The highest BCUT2D eigenvalue weighted by Crippen LogP contribution is 2.63. The molecule has 0 aromatic carbocycles. The van der Waals surface area contributed by atoms with Crippen LogP contribution in [-0.2, 0) is 4.79 Å². The summed E-state index contributed by atoms with van der Waals surface area (Å²) >= 11 is 0. The van der Waals surface area contributed by atoms with Gasteiger partial charge < -0.3 is 0 Å². The average molecular weight is 274 g/mol. The van der Waals surface area contributed by atoms with Gasteiger partial charge in [0.05, 0.1) is 0 Å². The van der Waals surface area contributed by atoms with Gasteiger partial charge in [-0.15, -0.1) is 0 Å². The lowest BCUT2D eigenvalue weighted by atomic mass is 9.46. The predicted octanol–water partition coefficient (Wildman–Crippen LogP) is 5.30. The Morgan fingerprint density at radius 1 is 1.10 bits per heavy atom. The average Bonchev–Trinajstić information content (AvgIpc) is 2.37. The van der Waals surface area contributed by atoms with Gasteiger partial charge in [0.15, 0.2) is 5.78 Å². The third kappa shape index (κ3) is 1.92. The van der Waals surface area contributed by atoms with Crippen LogP contribution in [0.2, 0.25) is 0 Å². The number of ketones is 1. The molecule has 0 spiro atoms. The summed E-state index contributed by atoms with van der Waals surface area (Å²) in [6.07, 6.45) is 9.53. The normalized spacial score (nSPS) is 40.3. The Bertz CT molecular complexity index is 456. The van der Waals surface area contributed by atoms with E-state index in [9.17, 15) is 4.79 Å². The second kappa shape index (κ2) is 4.71. The number of rotatable bonds is 1. The fourth-order valence-electron chi connectivity index (χ4n) is 6.07. The Balaban J connectivity index is 2.03. The smallest absolute Gasteiger partial charge is 0.158 e. The van der Waals surface area contributed by atoms with Gasteiger partial charge in [0, 0.05) is 6.42 Å². The summed E-state index contributed by atoms with van der Waals surface area (Å²) in [5.74, 6) is 2.01.